The van der Waals surface area contributed by atoms with E-state index in [1.54, 1.807) is 12.3 Å². The molecule has 0 amide bonds. The molecule has 0 radical (unpaired) electrons. The summed E-state index contributed by atoms with van der Waals surface area (Å²) < 4.78 is 15.0. The Hall–Kier alpha value is -3.56. The van der Waals surface area contributed by atoms with Gasteiger partial charge in [0.15, 0.2) is 0 Å². The Balaban J connectivity index is 1.42. The number of aromatic nitrogens is 2. The molecule has 0 spiro atoms. The zero-order valence-electron chi connectivity index (χ0n) is 23.2. The summed E-state index contributed by atoms with van der Waals surface area (Å²) in [6, 6.07) is 32.5. The first kappa shape index (κ1) is 28.0. The van der Waals surface area contributed by atoms with Gasteiger partial charge in [0.1, 0.15) is 18.1 Å². The second-order valence-corrected chi connectivity index (χ2v) is 15.5. The molecule has 1 saturated heterocycles. The molecule has 2 heterocycles. The third-order valence-electron chi connectivity index (χ3n) is 7.56. The monoisotopic (exact) mass is 555 g/mol. The van der Waals surface area contributed by atoms with Crippen LogP contribution in [0.2, 0.25) is 5.04 Å². The molecule has 1 aliphatic heterocycles. The van der Waals surface area contributed by atoms with Crippen molar-refractivity contribution in [3.05, 3.63) is 119 Å². The van der Waals surface area contributed by atoms with Gasteiger partial charge in [0, 0.05) is 19.2 Å². The summed E-state index contributed by atoms with van der Waals surface area (Å²) >= 11 is 0. The number of ether oxygens (including phenoxy) is 1. The van der Waals surface area contributed by atoms with Crippen LogP contribution >= 0.6 is 0 Å². The molecule has 8 heteroatoms. The van der Waals surface area contributed by atoms with Crippen LogP contribution in [0.3, 0.4) is 0 Å². The minimum Gasteiger partial charge on any atom is -0.402 e. The van der Waals surface area contributed by atoms with Gasteiger partial charge < -0.3 is 19.6 Å². The number of benzene rings is 3. The number of aliphatic hydroxyl groups is 1. The summed E-state index contributed by atoms with van der Waals surface area (Å²) in [6.45, 7) is 7.01. The summed E-state index contributed by atoms with van der Waals surface area (Å²) in [5, 5.41) is 15.6. The van der Waals surface area contributed by atoms with Gasteiger partial charge in [-0.15, -0.1) is 0 Å². The van der Waals surface area contributed by atoms with Crippen LogP contribution in [0, 0.1) is 0 Å². The van der Waals surface area contributed by atoms with Crippen LogP contribution < -0.4 is 21.4 Å². The lowest BCUT2D eigenvalue weighted by molar-refractivity contribution is -0.0433. The Morgan fingerprint density at radius 2 is 1.52 bits per heavy atom. The van der Waals surface area contributed by atoms with Crippen LogP contribution in [0.15, 0.2) is 108 Å². The van der Waals surface area contributed by atoms with Gasteiger partial charge in [0.25, 0.3) is 8.32 Å². The molecule has 0 aliphatic carbocycles. The summed E-state index contributed by atoms with van der Waals surface area (Å²) in [5.41, 5.74) is 0.688. The lowest BCUT2D eigenvalue weighted by Crippen LogP contribution is -2.68. The van der Waals surface area contributed by atoms with Gasteiger partial charge in [0.2, 0.25) is 0 Å². The fourth-order valence-electron chi connectivity index (χ4n) is 5.60. The molecule has 3 aromatic carbocycles. The number of hydrogen-bond donors (Lipinski definition) is 2. The van der Waals surface area contributed by atoms with Crippen molar-refractivity contribution in [1.29, 1.82) is 0 Å². The Labute approximate surface area is 236 Å². The Morgan fingerprint density at radius 3 is 2.05 bits per heavy atom. The predicted octanol–water partition coefficient (Wildman–Crippen LogP) is 4.08. The molecular formula is C32H37N3O4Si. The number of rotatable bonds is 9. The Kier molecular flexibility index (Phi) is 8.32. The fraction of sp³-hybridized carbons (Fsp3) is 0.312. The Bertz CT molecular complexity index is 1400. The van der Waals surface area contributed by atoms with Crippen molar-refractivity contribution in [3.8, 4) is 0 Å². The molecule has 2 N–H and O–H groups in total. The molecule has 0 bridgehead atoms. The minimum absolute atomic E-state index is 0.210. The lowest BCUT2D eigenvalue weighted by Gasteiger charge is -2.45. The third kappa shape index (κ3) is 5.67. The van der Waals surface area contributed by atoms with Crippen molar-refractivity contribution in [3.63, 3.8) is 0 Å². The van der Waals surface area contributed by atoms with E-state index in [0.717, 1.165) is 15.9 Å². The highest BCUT2D eigenvalue weighted by molar-refractivity contribution is 6.99. The SMILES string of the molecule is CC(C)(C)[Si](O[C@H]1C[C@H](n2ccc(NCc3ccccc3)nc2=O)O[C@@H]1CO)(c1ccccc1)c1ccccc1. The maximum absolute atomic E-state index is 13.1. The molecule has 0 saturated carbocycles. The van der Waals surface area contributed by atoms with E-state index < -0.39 is 32.4 Å². The second-order valence-electron chi connectivity index (χ2n) is 11.2. The van der Waals surface area contributed by atoms with Crippen LogP contribution in [-0.4, -0.2) is 41.8 Å². The van der Waals surface area contributed by atoms with E-state index in [4.69, 9.17) is 9.16 Å². The van der Waals surface area contributed by atoms with Gasteiger partial charge in [-0.2, -0.15) is 4.98 Å². The van der Waals surface area contributed by atoms with E-state index in [2.05, 4.69) is 55.3 Å². The predicted molar refractivity (Wildman–Crippen MR) is 160 cm³/mol. The molecule has 1 fully saturated rings. The maximum atomic E-state index is 13.1. The summed E-state index contributed by atoms with van der Waals surface area (Å²) in [7, 11) is -2.87. The molecule has 40 heavy (non-hydrogen) atoms. The second kappa shape index (κ2) is 11.9. The topological polar surface area (TPSA) is 85.6 Å². The van der Waals surface area contributed by atoms with E-state index in [9.17, 15) is 9.90 Å². The molecule has 1 aliphatic rings. The smallest absolute Gasteiger partial charge is 0.351 e. The highest BCUT2D eigenvalue weighted by Gasteiger charge is 2.53. The average molecular weight is 556 g/mol. The lowest BCUT2D eigenvalue weighted by atomic mass is 10.2. The van der Waals surface area contributed by atoms with Crippen LogP contribution in [0.4, 0.5) is 5.82 Å². The van der Waals surface area contributed by atoms with Crippen molar-refractivity contribution >= 4 is 24.5 Å². The van der Waals surface area contributed by atoms with Crippen molar-refractivity contribution < 1.29 is 14.3 Å². The van der Waals surface area contributed by atoms with Crippen molar-refractivity contribution in [2.75, 3.05) is 11.9 Å². The van der Waals surface area contributed by atoms with Crippen molar-refractivity contribution in [2.24, 2.45) is 0 Å². The van der Waals surface area contributed by atoms with Gasteiger partial charge in [-0.05, 0) is 27.0 Å². The number of aliphatic hydroxyl groups excluding tert-OH is 1. The van der Waals surface area contributed by atoms with Gasteiger partial charge in [0.05, 0.1) is 12.7 Å². The molecule has 1 aromatic heterocycles. The average Bonchev–Trinajstić information content (AvgIpc) is 3.38. The molecule has 208 valence electrons. The summed E-state index contributed by atoms with van der Waals surface area (Å²) in [4.78, 5) is 17.3. The van der Waals surface area contributed by atoms with E-state index in [0.29, 0.717) is 18.8 Å². The minimum atomic E-state index is -2.87. The van der Waals surface area contributed by atoms with Gasteiger partial charge in [-0.3, -0.25) is 4.57 Å². The molecule has 4 aromatic rings. The molecule has 0 unspecified atom stereocenters. The summed E-state index contributed by atoms with van der Waals surface area (Å²) in [5.74, 6) is 0.502. The van der Waals surface area contributed by atoms with Crippen LogP contribution in [-0.2, 0) is 15.7 Å². The van der Waals surface area contributed by atoms with Crippen LogP contribution in [0.5, 0.6) is 0 Å². The fourth-order valence-corrected chi connectivity index (χ4v) is 10.3. The third-order valence-corrected chi connectivity index (χ3v) is 12.6. The van der Waals surface area contributed by atoms with Crippen molar-refractivity contribution in [1.82, 2.24) is 9.55 Å². The van der Waals surface area contributed by atoms with E-state index in [1.165, 1.54) is 4.57 Å². The largest absolute Gasteiger partial charge is 0.402 e. The van der Waals surface area contributed by atoms with Crippen molar-refractivity contribution in [2.45, 2.75) is 57.2 Å². The first-order valence-electron chi connectivity index (χ1n) is 13.7. The highest BCUT2D eigenvalue weighted by atomic mass is 28.4. The van der Waals surface area contributed by atoms with Crippen LogP contribution in [0.25, 0.3) is 0 Å². The Morgan fingerprint density at radius 1 is 0.950 bits per heavy atom. The maximum Gasteiger partial charge on any atom is 0.351 e. The number of hydrogen-bond acceptors (Lipinski definition) is 6. The molecule has 5 rings (SSSR count). The zero-order valence-corrected chi connectivity index (χ0v) is 24.2. The van der Waals surface area contributed by atoms with E-state index in [1.807, 2.05) is 66.7 Å². The molecule has 3 atom stereocenters. The summed E-state index contributed by atoms with van der Waals surface area (Å²) in [6.07, 6.45) is 0.545. The number of nitrogens with zero attached hydrogens (tertiary/aromatic N) is 2. The molecule has 7 nitrogen and oxygen atoms in total. The zero-order chi connectivity index (χ0) is 28.2. The van der Waals surface area contributed by atoms with Gasteiger partial charge in [-0.1, -0.05) is 112 Å². The van der Waals surface area contributed by atoms with Crippen LogP contribution in [0.1, 0.15) is 39.0 Å². The quantitative estimate of drug-likeness (QED) is 0.303. The number of anilines is 1. The standard InChI is InChI=1S/C32H37N3O4Si/c1-32(2,3)40(25-15-9-5-10-16-25,26-17-11-6-12-18-26)39-27-21-30(38-28(27)23-36)35-20-19-29(34-31(35)37)33-22-24-13-7-4-8-14-24/h4-20,27-28,30,36H,21-23H2,1-3H3,(H,33,34,37)/t27-,28+,30+/m0/s1. The molecular weight excluding hydrogens is 518 g/mol. The highest BCUT2D eigenvalue weighted by Crippen LogP contribution is 2.41. The first-order valence-corrected chi connectivity index (χ1v) is 15.6. The van der Waals surface area contributed by atoms with E-state index >= 15 is 0 Å². The normalized spacial score (nSPS) is 19.4. The van der Waals surface area contributed by atoms with Gasteiger partial charge in [-0.25, -0.2) is 4.79 Å². The van der Waals surface area contributed by atoms with E-state index in [-0.39, 0.29) is 11.6 Å². The van der Waals surface area contributed by atoms with Gasteiger partial charge >= 0.3 is 5.69 Å². The first-order chi connectivity index (χ1) is 19.3. The number of nitrogens with one attached hydrogen (secondary N) is 1.